The Morgan fingerprint density at radius 1 is 1.30 bits per heavy atom. The number of amides is 1. The molecule has 7 nitrogen and oxygen atoms in total. The van der Waals surface area contributed by atoms with Crippen LogP contribution in [0, 0.1) is 6.92 Å². The number of hydrogen-bond acceptors (Lipinski definition) is 6. The van der Waals surface area contributed by atoms with Crippen molar-refractivity contribution in [2.24, 2.45) is 0 Å². The normalized spacial score (nSPS) is 10.8. The summed E-state index contributed by atoms with van der Waals surface area (Å²) in [7, 11) is 0. The Kier molecular flexibility index (Phi) is 6.08. The molecule has 0 aliphatic carbocycles. The van der Waals surface area contributed by atoms with E-state index in [0.29, 0.717) is 23.3 Å². The number of hydrogen-bond donors (Lipinski definition) is 3. The van der Waals surface area contributed by atoms with Gasteiger partial charge < -0.3 is 20.7 Å². The Balaban J connectivity index is 2.15. The van der Waals surface area contributed by atoms with Gasteiger partial charge in [-0.2, -0.15) is 0 Å². The predicted octanol–water partition coefficient (Wildman–Crippen LogP) is 1.66. The number of nitrogens with one attached hydrogen (secondary N) is 3. The van der Waals surface area contributed by atoms with Crippen molar-refractivity contribution >= 4 is 39.9 Å². The quantitative estimate of drug-likeness (QED) is 0.575. The number of aryl methyl sites for hydroxylation is 1. The lowest BCUT2D eigenvalue weighted by Gasteiger charge is -2.19. The molecule has 0 bridgehead atoms. The average molecular weight is 317 g/mol. The Morgan fingerprint density at radius 3 is 2.50 bits per heavy atom. The fraction of sp³-hybridized carbons (Fsp3) is 0.636. The van der Waals surface area contributed by atoms with E-state index in [4.69, 9.17) is 17.0 Å². The molecule has 0 saturated heterocycles. The van der Waals surface area contributed by atoms with Gasteiger partial charge in [-0.15, -0.1) is 10.2 Å². The van der Waals surface area contributed by atoms with Crippen molar-refractivity contribution in [3.63, 3.8) is 0 Å². The predicted molar refractivity (Wildman–Crippen MR) is 83.1 cm³/mol. The fourth-order valence-electron chi connectivity index (χ4n) is 1.14. The Bertz CT molecular complexity index is 470. The third-order valence-corrected chi connectivity index (χ3v) is 2.83. The number of alkyl carbamates (subject to hydrolysis) is 1. The van der Waals surface area contributed by atoms with E-state index in [1.54, 1.807) is 0 Å². The molecular formula is C11H19N5O2S2. The lowest BCUT2D eigenvalue weighted by atomic mass is 10.2. The van der Waals surface area contributed by atoms with Crippen LogP contribution in [0.25, 0.3) is 0 Å². The number of anilines is 1. The van der Waals surface area contributed by atoms with E-state index in [0.717, 1.165) is 5.01 Å². The van der Waals surface area contributed by atoms with Crippen LogP contribution in [0.4, 0.5) is 9.93 Å². The minimum atomic E-state index is -0.496. The molecule has 0 aromatic carbocycles. The zero-order valence-corrected chi connectivity index (χ0v) is 13.6. The average Bonchev–Trinajstić information content (AvgIpc) is 2.68. The van der Waals surface area contributed by atoms with Crippen LogP contribution in [0.15, 0.2) is 0 Å². The zero-order valence-electron chi connectivity index (χ0n) is 11.9. The van der Waals surface area contributed by atoms with E-state index in [2.05, 4.69) is 26.1 Å². The molecule has 1 heterocycles. The summed E-state index contributed by atoms with van der Waals surface area (Å²) in [6.07, 6.45) is -0.446. The van der Waals surface area contributed by atoms with Gasteiger partial charge in [0, 0.05) is 13.1 Å². The summed E-state index contributed by atoms with van der Waals surface area (Å²) < 4.78 is 5.10. The molecule has 1 rings (SSSR count). The highest BCUT2D eigenvalue weighted by atomic mass is 32.1. The highest BCUT2D eigenvalue weighted by Crippen LogP contribution is 2.12. The highest BCUT2D eigenvalue weighted by molar-refractivity contribution is 7.80. The topological polar surface area (TPSA) is 88.2 Å². The van der Waals surface area contributed by atoms with Crippen molar-refractivity contribution in [1.82, 2.24) is 20.8 Å². The lowest BCUT2D eigenvalue weighted by Crippen LogP contribution is -2.39. The number of nitrogens with zero attached hydrogens (tertiary/aromatic N) is 2. The number of carbonyl (C=O) groups excluding carboxylic acids is 1. The molecule has 9 heteroatoms. The van der Waals surface area contributed by atoms with Crippen LogP contribution < -0.4 is 16.0 Å². The molecule has 0 radical (unpaired) electrons. The number of aromatic nitrogens is 2. The van der Waals surface area contributed by atoms with Gasteiger partial charge in [0.25, 0.3) is 0 Å². The minimum Gasteiger partial charge on any atom is -0.444 e. The molecule has 1 aromatic rings. The van der Waals surface area contributed by atoms with Crippen LogP contribution in [-0.2, 0) is 4.74 Å². The summed E-state index contributed by atoms with van der Waals surface area (Å²) in [4.78, 5) is 11.4. The van der Waals surface area contributed by atoms with E-state index in [9.17, 15) is 4.79 Å². The van der Waals surface area contributed by atoms with Gasteiger partial charge in [-0.3, -0.25) is 0 Å². The van der Waals surface area contributed by atoms with Crippen LogP contribution in [0.2, 0.25) is 0 Å². The maximum Gasteiger partial charge on any atom is 0.407 e. The van der Waals surface area contributed by atoms with Crippen molar-refractivity contribution in [3.05, 3.63) is 5.01 Å². The second-order valence-corrected chi connectivity index (χ2v) is 6.53. The zero-order chi connectivity index (χ0) is 15.2. The molecule has 0 unspecified atom stereocenters. The maximum atomic E-state index is 11.4. The molecular weight excluding hydrogens is 298 g/mol. The molecule has 0 aliphatic heterocycles. The Hall–Kier alpha value is -1.48. The summed E-state index contributed by atoms with van der Waals surface area (Å²) in [5.74, 6) is 0. The largest absolute Gasteiger partial charge is 0.444 e. The van der Waals surface area contributed by atoms with Gasteiger partial charge in [0.2, 0.25) is 5.13 Å². The second-order valence-electron chi connectivity index (χ2n) is 4.94. The number of thiocarbonyl (C=S) groups is 1. The standard InChI is InChI=1S/C11H19N5O2S2/c1-7-15-16-9(20-7)14-8(19)12-5-6-13-10(17)18-11(2,3)4/h5-6H2,1-4H3,(H,13,17)(H2,12,14,16,19). The highest BCUT2D eigenvalue weighted by Gasteiger charge is 2.15. The molecule has 0 spiro atoms. The van der Waals surface area contributed by atoms with Gasteiger partial charge in [-0.1, -0.05) is 11.3 Å². The monoisotopic (exact) mass is 317 g/mol. The van der Waals surface area contributed by atoms with Gasteiger partial charge in [-0.05, 0) is 39.9 Å². The summed E-state index contributed by atoms with van der Waals surface area (Å²) in [5.41, 5.74) is -0.496. The van der Waals surface area contributed by atoms with Crippen LogP contribution in [0.3, 0.4) is 0 Å². The van der Waals surface area contributed by atoms with Crippen LogP contribution in [-0.4, -0.2) is 40.1 Å². The molecule has 0 aliphatic rings. The maximum absolute atomic E-state index is 11.4. The summed E-state index contributed by atoms with van der Waals surface area (Å²) in [6, 6.07) is 0. The molecule has 20 heavy (non-hydrogen) atoms. The molecule has 0 saturated carbocycles. The number of carbonyl (C=O) groups is 1. The summed E-state index contributed by atoms with van der Waals surface area (Å²) in [5, 5.41) is 18.2. The van der Waals surface area contributed by atoms with Crippen LogP contribution >= 0.6 is 23.6 Å². The lowest BCUT2D eigenvalue weighted by molar-refractivity contribution is 0.0529. The van der Waals surface area contributed by atoms with Crippen molar-refractivity contribution in [2.45, 2.75) is 33.3 Å². The molecule has 0 atom stereocenters. The molecule has 1 amide bonds. The van der Waals surface area contributed by atoms with E-state index in [1.807, 2.05) is 27.7 Å². The second kappa shape index (κ2) is 7.34. The third kappa shape index (κ3) is 7.19. The van der Waals surface area contributed by atoms with Gasteiger partial charge in [-0.25, -0.2) is 4.79 Å². The first-order valence-corrected chi connectivity index (χ1v) is 7.30. The van der Waals surface area contributed by atoms with Gasteiger partial charge in [0.05, 0.1) is 0 Å². The smallest absolute Gasteiger partial charge is 0.407 e. The molecule has 112 valence electrons. The van der Waals surface area contributed by atoms with E-state index in [1.165, 1.54) is 11.3 Å². The van der Waals surface area contributed by atoms with E-state index in [-0.39, 0.29) is 0 Å². The first-order valence-electron chi connectivity index (χ1n) is 6.08. The summed E-state index contributed by atoms with van der Waals surface area (Å²) in [6.45, 7) is 8.20. The van der Waals surface area contributed by atoms with Crippen molar-refractivity contribution in [3.8, 4) is 0 Å². The van der Waals surface area contributed by atoms with Crippen molar-refractivity contribution < 1.29 is 9.53 Å². The molecule has 3 N–H and O–H groups in total. The van der Waals surface area contributed by atoms with Gasteiger partial charge in [0.1, 0.15) is 10.6 Å². The first-order chi connectivity index (χ1) is 9.26. The van der Waals surface area contributed by atoms with Crippen molar-refractivity contribution in [1.29, 1.82) is 0 Å². The Labute approximate surface area is 127 Å². The molecule has 1 aromatic heterocycles. The van der Waals surface area contributed by atoms with Gasteiger partial charge >= 0.3 is 6.09 Å². The SMILES string of the molecule is Cc1nnc(NC(=S)NCCNC(=O)OC(C)(C)C)s1. The third-order valence-electron chi connectivity index (χ3n) is 1.83. The van der Waals surface area contributed by atoms with Crippen LogP contribution in [0.5, 0.6) is 0 Å². The minimum absolute atomic E-state index is 0.409. The number of rotatable bonds is 4. The fourth-order valence-corrected chi connectivity index (χ4v) is 2.00. The van der Waals surface area contributed by atoms with Crippen molar-refractivity contribution in [2.75, 3.05) is 18.4 Å². The first kappa shape index (κ1) is 16.6. The van der Waals surface area contributed by atoms with E-state index >= 15 is 0 Å². The Morgan fingerprint density at radius 2 is 1.95 bits per heavy atom. The van der Waals surface area contributed by atoms with E-state index < -0.39 is 11.7 Å². The van der Waals surface area contributed by atoms with Gasteiger partial charge in [0.15, 0.2) is 5.11 Å². The summed E-state index contributed by atoms with van der Waals surface area (Å²) >= 11 is 6.50. The van der Waals surface area contributed by atoms with Crippen LogP contribution in [0.1, 0.15) is 25.8 Å². The number of ether oxygens (including phenoxy) is 1. The molecule has 0 fully saturated rings.